The molecule has 1 unspecified atom stereocenters. The van der Waals surface area contributed by atoms with Crippen LogP contribution < -0.4 is 10.6 Å². The quantitative estimate of drug-likeness (QED) is 0.364. The van der Waals surface area contributed by atoms with Gasteiger partial charge in [0.05, 0.1) is 19.3 Å². The Balaban J connectivity index is 0.00000261. The number of nitrogens with zero attached hydrogens (tertiary/aromatic N) is 5. The average Bonchev–Trinajstić information content (AvgIpc) is 3.05. The number of fused-ring (bicyclic) bond motifs is 1. The molecule has 0 bridgehead atoms. The second-order valence-corrected chi connectivity index (χ2v) is 7.00. The summed E-state index contributed by atoms with van der Waals surface area (Å²) in [5.74, 6) is 2.26. The minimum atomic E-state index is 0. The summed E-state index contributed by atoms with van der Waals surface area (Å²) < 4.78 is 7.85. The fourth-order valence-electron chi connectivity index (χ4n) is 3.19. The lowest BCUT2D eigenvalue weighted by molar-refractivity contribution is -0.0284. The number of guanidine groups is 1. The molecule has 0 radical (unpaired) electrons. The monoisotopic (exact) mass is 487 g/mol. The number of aliphatic imine (C=N–C) groups is 1. The predicted octanol–water partition coefficient (Wildman–Crippen LogP) is 1.37. The van der Waals surface area contributed by atoms with E-state index in [1.807, 2.05) is 28.8 Å². The van der Waals surface area contributed by atoms with Gasteiger partial charge in [-0.2, -0.15) is 0 Å². The fourth-order valence-corrected chi connectivity index (χ4v) is 3.19. The summed E-state index contributed by atoms with van der Waals surface area (Å²) in [7, 11) is 1.77. The Morgan fingerprint density at radius 1 is 1.33 bits per heavy atom. The van der Waals surface area contributed by atoms with Crippen LogP contribution >= 0.6 is 24.0 Å². The summed E-state index contributed by atoms with van der Waals surface area (Å²) in [5.41, 5.74) is 0.841. The van der Waals surface area contributed by atoms with E-state index < -0.39 is 0 Å². The van der Waals surface area contributed by atoms with Crippen LogP contribution in [0.2, 0.25) is 0 Å². The van der Waals surface area contributed by atoms with Crippen LogP contribution in [0.3, 0.4) is 0 Å². The third kappa shape index (κ3) is 6.28. The van der Waals surface area contributed by atoms with Crippen LogP contribution in [-0.4, -0.2) is 71.4 Å². The van der Waals surface area contributed by atoms with Crippen molar-refractivity contribution < 1.29 is 4.74 Å². The minimum absolute atomic E-state index is 0. The molecule has 2 N–H and O–H groups in total. The lowest BCUT2D eigenvalue weighted by Gasteiger charge is -2.34. The topological polar surface area (TPSA) is 79.1 Å². The van der Waals surface area contributed by atoms with E-state index in [2.05, 4.69) is 44.6 Å². The van der Waals surface area contributed by atoms with Crippen LogP contribution in [0.5, 0.6) is 0 Å². The van der Waals surface area contributed by atoms with Crippen molar-refractivity contribution in [3.63, 3.8) is 0 Å². The molecule has 0 aliphatic carbocycles. The Morgan fingerprint density at radius 3 is 2.96 bits per heavy atom. The maximum Gasteiger partial charge on any atom is 0.191 e. The number of pyridine rings is 1. The van der Waals surface area contributed by atoms with Gasteiger partial charge in [-0.1, -0.05) is 19.9 Å². The van der Waals surface area contributed by atoms with Crippen LogP contribution in [-0.2, 0) is 11.3 Å². The van der Waals surface area contributed by atoms with Gasteiger partial charge in [0.25, 0.3) is 0 Å². The Morgan fingerprint density at radius 2 is 2.19 bits per heavy atom. The van der Waals surface area contributed by atoms with Crippen LogP contribution in [0.1, 0.15) is 19.7 Å². The molecule has 150 valence electrons. The van der Waals surface area contributed by atoms with Crippen molar-refractivity contribution in [3.8, 4) is 0 Å². The number of nitrogens with one attached hydrogen (secondary N) is 2. The minimum Gasteiger partial charge on any atom is -0.374 e. The van der Waals surface area contributed by atoms with Crippen LogP contribution in [0.4, 0.5) is 0 Å². The summed E-state index contributed by atoms with van der Waals surface area (Å²) in [4.78, 5) is 6.76. The largest absolute Gasteiger partial charge is 0.374 e. The van der Waals surface area contributed by atoms with Crippen LogP contribution in [0.15, 0.2) is 29.4 Å². The predicted molar refractivity (Wildman–Crippen MR) is 118 cm³/mol. The van der Waals surface area contributed by atoms with Crippen LogP contribution in [0.25, 0.3) is 5.65 Å². The molecule has 2 aromatic rings. The number of rotatable bonds is 6. The Labute approximate surface area is 177 Å². The third-order valence-corrected chi connectivity index (χ3v) is 4.37. The molecule has 0 saturated carbocycles. The molecule has 8 nitrogen and oxygen atoms in total. The van der Waals surface area contributed by atoms with Gasteiger partial charge in [-0.05, 0) is 18.1 Å². The first-order valence-corrected chi connectivity index (χ1v) is 9.23. The van der Waals surface area contributed by atoms with Gasteiger partial charge < -0.3 is 15.4 Å². The third-order valence-electron chi connectivity index (χ3n) is 4.37. The molecule has 27 heavy (non-hydrogen) atoms. The highest BCUT2D eigenvalue weighted by Crippen LogP contribution is 2.07. The van der Waals surface area contributed by atoms with Crippen molar-refractivity contribution in [2.45, 2.75) is 26.5 Å². The van der Waals surface area contributed by atoms with E-state index in [4.69, 9.17) is 4.74 Å². The molecule has 0 amide bonds. The maximum atomic E-state index is 5.88. The van der Waals surface area contributed by atoms with E-state index in [-0.39, 0.29) is 30.1 Å². The van der Waals surface area contributed by atoms with Crippen molar-refractivity contribution in [1.29, 1.82) is 0 Å². The number of hydrogen-bond acceptors (Lipinski definition) is 5. The van der Waals surface area contributed by atoms with E-state index in [9.17, 15) is 0 Å². The molecule has 1 fully saturated rings. The molecular weight excluding hydrogens is 457 g/mol. The molecule has 1 saturated heterocycles. The first-order valence-electron chi connectivity index (χ1n) is 9.23. The zero-order valence-electron chi connectivity index (χ0n) is 16.3. The van der Waals surface area contributed by atoms with Gasteiger partial charge in [0.1, 0.15) is 0 Å². The average molecular weight is 487 g/mol. The van der Waals surface area contributed by atoms with Gasteiger partial charge in [-0.3, -0.25) is 14.3 Å². The van der Waals surface area contributed by atoms with Gasteiger partial charge in [0, 0.05) is 39.4 Å². The fraction of sp³-hybridized carbons (Fsp3) is 0.611. The second-order valence-electron chi connectivity index (χ2n) is 7.00. The molecule has 2 aromatic heterocycles. The molecule has 9 heteroatoms. The summed E-state index contributed by atoms with van der Waals surface area (Å²) in [6.45, 7) is 9.66. The highest BCUT2D eigenvalue weighted by atomic mass is 127. The van der Waals surface area contributed by atoms with E-state index in [0.29, 0.717) is 12.5 Å². The van der Waals surface area contributed by atoms with Crippen molar-refractivity contribution in [3.05, 3.63) is 30.2 Å². The standard InChI is InChI=1S/C18H29N7O.HI/c1-14(2)12-24-8-9-26-15(13-24)10-20-18(19-3)21-11-17-23-22-16-6-4-5-7-25(16)17;/h4-7,14-15H,8-13H2,1-3H3,(H2,19,20,21);1H. The van der Waals surface area contributed by atoms with E-state index >= 15 is 0 Å². The van der Waals surface area contributed by atoms with Gasteiger partial charge >= 0.3 is 0 Å². The zero-order valence-corrected chi connectivity index (χ0v) is 18.6. The normalized spacial score (nSPS) is 18.5. The number of hydrogen-bond donors (Lipinski definition) is 2. The molecule has 0 aromatic carbocycles. The lowest BCUT2D eigenvalue weighted by atomic mass is 10.2. The number of aromatic nitrogens is 3. The van der Waals surface area contributed by atoms with E-state index in [1.165, 1.54) is 0 Å². The zero-order chi connectivity index (χ0) is 18.4. The Kier molecular flexibility index (Phi) is 8.71. The summed E-state index contributed by atoms with van der Waals surface area (Å²) in [5, 5.41) is 15.0. The first-order chi connectivity index (χ1) is 12.7. The number of halogens is 1. The van der Waals surface area contributed by atoms with Crippen LogP contribution in [0, 0.1) is 5.92 Å². The van der Waals surface area contributed by atoms with Crippen molar-refractivity contribution in [2.24, 2.45) is 10.9 Å². The smallest absolute Gasteiger partial charge is 0.191 e. The molecule has 1 aliphatic rings. The summed E-state index contributed by atoms with van der Waals surface area (Å²) in [6, 6.07) is 5.86. The molecule has 0 spiro atoms. The highest BCUT2D eigenvalue weighted by Gasteiger charge is 2.21. The van der Waals surface area contributed by atoms with E-state index in [1.54, 1.807) is 7.05 Å². The molecule has 3 heterocycles. The van der Waals surface area contributed by atoms with E-state index in [0.717, 1.165) is 50.2 Å². The van der Waals surface area contributed by atoms with Crippen molar-refractivity contribution >= 4 is 35.6 Å². The Bertz CT molecular complexity index is 733. The van der Waals surface area contributed by atoms with Crippen molar-refractivity contribution in [2.75, 3.05) is 39.8 Å². The molecule has 1 atom stereocenters. The maximum absolute atomic E-state index is 5.88. The highest BCUT2D eigenvalue weighted by molar-refractivity contribution is 14.0. The lowest BCUT2D eigenvalue weighted by Crippen LogP contribution is -2.50. The number of morpholine rings is 1. The summed E-state index contributed by atoms with van der Waals surface area (Å²) >= 11 is 0. The van der Waals surface area contributed by atoms with Gasteiger partial charge in [0.2, 0.25) is 0 Å². The van der Waals surface area contributed by atoms with Crippen molar-refractivity contribution in [1.82, 2.24) is 30.1 Å². The number of ether oxygens (including phenoxy) is 1. The van der Waals surface area contributed by atoms with Gasteiger partial charge in [-0.25, -0.2) is 0 Å². The van der Waals surface area contributed by atoms with Gasteiger partial charge in [-0.15, -0.1) is 34.2 Å². The Hall–Kier alpha value is -1.46. The first kappa shape index (κ1) is 21.8. The molecular formula is C18H30IN7O. The SMILES string of the molecule is CN=C(NCc1nnc2ccccn12)NCC1CN(CC(C)C)CCO1.I. The molecule has 3 rings (SSSR count). The van der Waals surface area contributed by atoms with Gasteiger partial charge in [0.15, 0.2) is 17.4 Å². The summed E-state index contributed by atoms with van der Waals surface area (Å²) in [6.07, 6.45) is 2.14. The second kappa shape index (κ2) is 10.8. The molecule has 1 aliphatic heterocycles.